The van der Waals surface area contributed by atoms with Crippen LogP contribution in [-0.4, -0.2) is 36.6 Å². The van der Waals surface area contributed by atoms with E-state index in [1.54, 1.807) is 31.2 Å². The number of aromatic amines is 1. The van der Waals surface area contributed by atoms with Gasteiger partial charge in [0.25, 0.3) is 5.91 Å². The summed E-state index contributed by atoms with van der Waals surface area (Å²) < 4.78 is 26.2. The highest BCUT2D eigenvalue weighted by molar-refractivity contribution is 7.92. The molecule has 1 amide bonds. The number of H-pyrrole nitrogens is 1. The molecule has 0 radical (unpaired) electrons. The van der Waals surface area contributed by atoms with Crippen molar-refractivity contribution in [3.8, 4) is 0 Å². The molecule has 3 rings (SSSR count). The van der Waals surface area contributed by atoms with Crippen LogP contribution in [0.2, 0.25) is 0 Å². The molecule has 0 bridgehead atoms. The number of amides is 1. The van der Waals surface area contributed by atoms with Gasteiger partial charge in [-0.25, -0.2) is 13.4 Å². The van der Waals surface area contributed by atoms with E-state index >= 15 is 0 Å². The number of nitrogens with one attached hydrogen (secondary N) is 3. The molecule has 3 N–H and O–H groups in total. The normalized spacial score (nSPS) is 11.5. The van der Waals surface area contributed by atoms with Gasteiger partial charge >= 0.3 is 0 Å². The Morgan fingerprint density at radius 1 is 1.14 bits per heavy atom. The van der Waals surface area contributed by atoms with Crippen LogP contribution in [0.4, 0.5) is 5.69 Å². The number of anilines is 1. The third-order valence-corrected chi connectivity index (χ3v) is 5.68. The highest BCUT2D eigenvalue weighted by Gasteiger charge is 2.11. The fourth-order valence-corrected chi connectivity index (χ4v) is 4.03. The molecule has 1 aromatic heterocycles. The van der Waals surface area contributed by atoms with Gasteiger partial charge in [0, 0.05) is 24.2 Å². The van der Waals surface area contributed by atoms with Crippen LogP contribution in [0.5, 0.6) is 0 Å². The summed E-state index contributed by atoms with van der Waals surface area (Å²) in [6.45, 7) is 2.30. The van der Waals surface area contributed by atoms with E-state index in [-0.39, 0.29) is 11.7 Å². The van der Waals surface area contributed by atoms with Crippen molar-refractivity contribution in [1.29, 1.82) is 0 Å². The first-order chi connectivity index (χ1) is 13.5. The van der Waals surface area contributed by atoms with Gasteiger partial charge in [-0.2, -0.15) is 0 Å². The number of imidazole rings is 1. The molecule has 1 heterocycles. The zero-order chi connectivity index (χ0) is 20.0. The predicted molar refractivity (Wildman–Crippen MR) is 111 cm³/mol. The van der Waals surface area contributed by atoms with Crippen molar-refractivity contribution < 1.29 is 13.2 Å². The lowest BCUT2D eigenvalue weighted by Crippen LogP contribution is -2.25. The van der Waals surface area contributed by atoms with E-state index < -0.39 is 10.0 Å². The molecule has 0 fully saturated rings. The SMILES string of the molecule is CCCS(=O)(=O)Nc1cccc(C(=O)NCCCc2nc3ccccc3[nH]2)c1. The number of fused-ring (bicyclic) bond motifs is 1. The maximum absolute atomic E-state index is 12.3. The van der Waals surface area contributed by atoms with Crippen molar-refractivity contribution in [2.45, 2.75) is 26.2 Å². The Bertz CT molecular complexity index is 1030. The molecule has 28 heavy (non-hydrogen) atoms. The molecule has 0 aliphatic rings. The van der Waals surface area contributed by atoms with Crippen molar-refractivity contribution in [1.82, 2.24) is 15.3 Å². The average molecular weight is 401 g/mol. The molecule has 0 saturated heterocycles. The second-order valence-electron chi connectivity index (χ2n) is 6.56. The molecule has 7 nitrogen and oxygen atoms in total. The Kier molecular flexibility index (Phi) is 6.30. The van der Waals surface area contributed by atoms with Crippen LogP contribution in [0.3, 0.4) is 0 Å². The van der Waals surface area contributed by atoms with E-state index in [4.69, 9.17) is 0 Å². The molecule has 0 saturated carbocycles. The number of sulfonamides is 1. The molecule has 0 aliphatic carbocycles. The number of aromatic nitrogens is 2. The number of hydrogen-bond acceptors (Lipinski definition) is 4. The first kappa shape index (κ1) is 19.9. The Labute approximate surface area is 164 Å². The highest BCUT2D eigenvalue weighted by atomic mass is 32.2. The maximum Gasteiger partial charge on any atom is 0.251 e. The van der Waals surface area contributed by atoms with Gasteiger partial charge < -0.3 is 10.3 Å². The molecule has 0 aliphatic heterocycles. The van der Waals surface area contributed by atoms with Crippen molar-refractivity contribution in [2.75, 3.05) is 17.0 Å². The molecule has 0 atom stereocenters. The van der Waals surface area contributed by atoms with Crippen LogP contribution < -0.4 is 10.0 Å². The molecule has 148 valence electrons. The Balaban J connectivity index is 1.51. The minimum Gasteiger partial charge on any atom is -0.352 e. The Hall–Kier alpha value is -2.87. The second-order valence-corrected chi connectivity index (χ2v) is 8.40. The monoisotopic (exact) mass is 400 g/mol. The van der Waals surface area contributed by atoms with Gasteiger partial charge in [0.15, 0.2) is 0 Å². The average Bonchev–Trinajstić information content (AvgIpc) is 3.07. The molecule has 8 heteroatoms. The van der Waals surface area contributed by atoms with E-state index in [0.29, 0.717) is 24.2 Å². The van der Waals surface area contributed by atoms with Gasteiger partial charge in [-0.15, -0.1) is 0 Å². The summed E-state index contributed by atoms with van der Waals surface area (Å²) in [5.41, 5.74) is 2.75. The zero-order valence-corrected chi connectivity index (χ0v) is 16.6. The Morgan fingerprint density at radius 3 is 2.75 bits per heavy atom. The largest absolute Gasteiger partial charge is 0.352 e. The van der Waals surface area contributed by atoms with Gasteiger partial charge in [0.2, 0.25) is 10.0 Å². The van der Waals surface area contributed by atoms with Gasteiger partial charge in [-0.05, 0) is 43.2 Å². The number of hydrogen-bond donors (Lipinski definition) is 3. The minimum absolute atomic E-state index is 0.0468. The number of rotatable bonds is 9. The van der Waals surface area contributed by atoms with Crippen molar-refractivity contribution in [3.05, 3.63) is 59.9 Å². The number of benzene rings is 2. The second kappa shape index (κ2) is 8.88. The smallest absolute Gasteiger partial charge is 0.251 e. The number of carbonyl (C=O) groups is 1. The summed E-state index contributed by atoms with van der Waals surface area (Å²) >= 11 is 0. The van der Waals surface area contributed by atoms with E-state index in [0.717, 1.165) is 29.7 Å². The van der Waals surface area contributed by atoms with Gasteiger partial charge in [-0.1, -0.05) is 25.1 Å². The van der Waals surface area contributed by atoms with E-state index in [2.05, 4.69) is 20.0 Å². The van der Waals surface area contributed by atoms with Gasteiger partial charge in [0.05, 0.1) is 16.8 Å². The van der Waals surface area contributed by atoms with Crippen LogP contribution in [0, 0.1) is 0 Å². The van der Waals surface area contributed by atoms with Crippen LogP contribution in [0.1, 0.15) is 35.9 Å². The molecule has 3 aromatic rings. The van der Waals surface area contributed by atoms with E-state index in [1.165, 1.54) is 0 Å². The highest BCUT2D eigenvalue weighted by Crippen LogP contribution is 2.13. The molecular weight excluding hydrogens is 376 g/mol. The van der Waals surface area contributed by atoms with Crippen molar-refractivity contribution >= 4 is 32.7 Å². The maximum atomic E-state index is 12.3. The van der Waals surface area contributed by atoms with E-state index in [9.17, 15) is 13.2 Å². The molecular formula is C20H24N4O3S. The number of para-hydroxylation sites is 2. The fraction of sp³-hybridized carbons (Fsp3) is 0.300. The van der Waals surface area contributed by atoms with Crippen molar-refractivity contribution in [3.63, 3.8) is 0 Å². The van der Waals surface area contributed by atoms with Crippen LogP contribution in [0.15, 0.2) is 48.5 Å². The van der Waals surface area contributed by atoms with Crippen LogP contribution in [0.25, 0.3) is 11.0 Å². The number of nitrogens with zero attached hydrogens (tertiary/aromatic N) is 1. The van der Waals surface area contributed by atoms with Crippen LogP contribution in [-0.2, 0) is 16.4 Å². The molecule has 0 unspecified atom stereocenters. The lowest BCUT2D eigenvalue weighted by Gasteiger charge is -2.09. The minimum atomic E-state index is -3.38. The summed E-state index contributed by atoms with van der Waals surface area (Å²) in [6.07, 6.45) is 2.00. The predicted octanol–water partition coefficient (Wildman–Crippen LogP) is 3.08. The summed E-state index contributed by atoms with van der Waals surface area (Å²) in [4.78, 5) is 20.1. The summed E-state index contributed by atoms with van der Waals surface area (Å²) in [5, 5.41) is 2.86. The summed E-state index contributed by atoms with van der Waals surface area (Å²) in [5.74, 6) is 0.703. The van der Waals surface area contributed by atoms with E-state index in [1.807, 2.05) is 24.3 Å². The number of carbonyl (C=O) groups excluding carboxylic acids is 1. The van der Waals surface area contributed by atoms with Gasteiger partial charge in [0.1, 0.15) is 5.82 Å². The lowest BCUT2D eigenvalue weighted by molar-refractivity contribution is 0.0953. The first-order valence-electron chi connectivity index (χ1n) is 9.29. The standard InChI is InChI=1S/C20H24N4O3S/c1-2-13-28(26,27)24-16-8-5-7-15(14-16)20(25)21-12-6-11-19-22-17-9-3-4-10-18(17)23-19/h3-5,7-10,14,24H,2,6,11-13H2,1H3,(H,21,25)(H,22,23). The molecule has 2 aromatic carbocycles. The van der Waals surface area contributed by atoms with Crippen molar-refractivity contribution in [2.24, 2.45) is 0 Å². The quantitative estimate of drug-likeness (QED) is 0.480. The topological polar surface area (TPSA) is 104 Å². The Morgan fingerprint density at radius 2 is 1.96 bits per heavy atom. The summed E-state index contributed by atoms with van der Waals surface area (Å²) in [7, 11) is -3.38. The van der Waals surface area contributed by atoms with Crippen LogP contribution >= 0.6 is 0 Å². The number of aryl methyl sites for hydroxylation is 1. The lowest BCUT2D eigenvalue weighted by atomic mass is 10.2. The summed E-state index contributed by atoms with van der Waals surface area (Å²) in [6, 6.07) is 14.3. The first-order valence-corrected chi connectivity index (χ1v) is 10.9. The molecule has 0 spiro atoms. The third kappa shape index (κ3) is 5.32. The zero-order valence-electron chi connectivity index (χ0n) is 15.7. The third-order valence-electron chi connectivity index (χ3n) is 4.19. The fourth-order valence-electron chi connectivity index (χ4n) is 2.91. The van der Waals surface area contributed by atoms with Gasteiger partial charge in [-0.3, -0.25) is 9.52 Å².